The lowest BCUT2D eigenvalue weighted by Gasteiger charge is -2.08. The highest BCUT2D eigenvalue weighted by atomic mass is 35.5. The Balaban J connectivity index is 3.15. The molecular formula is C9H8Cl2FN3OS. The molecule has 0 saturated carbocycles. The molecule has 0 aliphatic heterocycles. The number of rotatable bonds is 3. The van der Waals surface area contributed by atoms with E-state index in [0.29, 0.717) is 0 Å². The van der Waals surface area contributed by atoms with Gasteiger partial charge in [-0.25, -0.2) is 4.39 Å². The molecule has 0 fully saturated rings. The summed E-state index contributed by atoms with van der Waals surface area (Å²) in [7, 11) is 1.30. The summed E-state index contributed by atoms with van der Waals surface area (Å²) in [5.74, 6) is -0.814. The first-order valence-electron chi connectivity index (χ1n) is 4.27. The van der Waals surface area contributed by atoms with Gasteiger partial charge in [0.2, 0.25) is 0 Å². The predicted octanol–water partition coefficient (Wildman–Crippen LogP) is 2.31. The molecule has 0 aliphatic carbocycles. The van der Waals surface area contributed by atoms with Gasteiger partial charge in [-0.2, -0.15) is 5.10 Å². The molecule has 8 heteroatoms. The van der Waals surface area contributed by atoms with Crippen molar-refractivity contribution in [3.8, 4) is 5.75 Å². The third-order valence-corrected chi connectivity index (χ3v) is 2.42. The molecule has 0 atom stereocenters. The average Bonchev–Trinajstić information content (AvgIpc) is 2.22. The fourth-order valence-corrected chi connectivity index (χ4v) is 1.67. The third kappa shape index (κ3) is 3.42. The summed E-state index contributed by atoms with van der Waals surface area (Å²) in [4.78, 5) is 0. The SMILES string of the molecule is COc1c(Cl)cc(Cl)c(C=NNC(N)=S)c1F. The molecule has 0 radical (unpaired) electrons. The Morgan fingerprint density at radius 3 is 2.76 bits per heavy atom. The molecule has 17 heavy (non-hydrogen) atoms. The third-order valence-electron chi connectivity index (χ3n) is 1.74. The van der Waals surface area contributed by atoms with Crippen LogP contribution in [0.25, 0.3) is 0 Å². The second-order valence-electron chi connectivity index (χ2n) is 2.84. The quantitative estimate of drug-likeness (QED) is 0.510. The van der Waals surface area contributed by atoms with Crippen LogP contribution in [0.5, 0.6) is 5.75 Å². The van der Waals surface area contributed by atoms with E-state index in [1.54, 1.807) is 0 Å². The molecule has 0 spiro atoms. The lowest BCUT2D eigenvalue weighted by Crippen LogP contribution is -2.24. The van der Waals surface area contributed by atoms with E-state index in [0.717, 1.165) is 6.21 Å². The number of hydrogen-bond donors (Lipinski definition) is 2. The Morgan fingerprint density at radius 2 is 2.24 bits per heavy atom. The lowest BCUT2D eigenvalue weighted by atomic mass is 10.2. The van der Waals surface area contributed by atoms with Gasteiger partial charge in [-0.1, -0.05) is 23.2 Å². The normalized spacial score (nSPS) is 10.6. The Labute approximate surface area is 113 Å². The summed E-state index contributed by atoms with van der Waals surface area (Å²) in [6.45, 7) is 0. The lowest BCUT2D eigenvalue weighted by molar-refractivity contribution is 0.386. The minimum atomic E-state index is -0.710. The summed E-state index contributed by atoms with van der Waals surface area (Å²) >= 11 is 16.1. The van der Waals surface area contributed by atoms with Crippen LogP contribution in [0, 0.1) is 5.82 Å². The van der Waals surface area contributed by atoms with E-state index in [2.05, 4.69) is 22.7 Å². The average molecular weight is 296 g/mol. The Morgan fingerprint density at radius 1 is 1.59 bits per heavy atom. The van der Waals surface area contributed by atoms with Crippen LogP contribution in [-0.4, -0.2) is 18.4 Å². The van der Waals surface area contributed by atoms with Crippen LogP contribution in [-0.2, 0) is 0 Å². The zero-order chi connectivity index (χ0) is 13.0. The zero-order valence-electron chi connectivity index (χ0n) is 8.63. The maximum atomic E-state index is 13.8. The first-order valence-corrected chi connectivity index (χ1v) is 5.43. The van der Waals surface area contributed by atoms with Gasteiger partial charge in [0.05, 0.1) is 28.9 Å². The largest absolute Gasteiger partial charge is 0.492 e. The molecule has 1 aromatic rings. The molecule has 0 bridgehead atoms. The van der Waals surface area contributed by atoms with E-state index in [4.69, 9.17) is 33.7 Å². The van der Waals surface area contributed by atoms with Crippen molar-refractivity contribution < 1.29 is 9.13 Å². The minimum Gasteiger partial charge on any atom is -0.492 e. The van der Waals surface area contributed by atoms with Crippen LogP contribution in [0.1, 0.15) is 5.56 Å². The molecule has 1 aromatic carbocycles. The number of ether oxygens (including phenoxy) is 1. The smallest absolute Gasteiger partial charge is 0.184 e. The van der Waals surface area contributed by atoms with Crippen LogP contribution >= 0.6 is 35.4 Å². The van der Waals surface area contributed by atoms with Crippen molar-refractivity contribution in [2.75, 3.05) is 7.11 Å². The first-order chi connectivity index (χ1) is 7.97. The molecule has 1 rings (SSSR count). The van der Waals surface area contributed by atoms with Crippen molar-refractivity contribution in [3.05, 3.63) is 27.5 Å². The highest BCUT2D eigenvalue weighted by molar-refractivity contribution is 7.80. The number of nitrogens with two attached hydrogens (primary N) is 1. The van der Waals surface area contributed by atoms with E-state index < -0.39 is 5.82 Å². The first kappa shape index (κ1) is 14.0. The van der Waals surface area contributed by atoms with Crippen molar-refractivity contribution in [2.24, 2.45) is 10.8 Å². The molecule has 4 nitrogen and oxygen atoms in total. The van der Waals surface area contributed by atoms with Gasteiger partial charge in [-0.15, -0.1) is 0 Å². The summed E-state index contributed by atoms with van der Waals surface area (Å²) in [6.07, 6.45) is 1.13. The molecular weight excluding hydrogens is 288 g/mol. The van der Waals surface area contributed by atoms with Gasteiger partial charge in [0.15, 0.2) is 16.7 Å². The molecule has 0 amide bonds. The van der Waals surface area contributed by atoms with Gasteiger partial charge in [0.25, 0.3) is 0 Å². The number of hydrazone groups is 1. The highest BCUT2D eigenvalue weighted by Crippen LogP contribution is 2.33. The van der Waals surface area contributed by atoms with Crippen LogP contribution in [0.4, 0.5) is 4.39 Å². The summed E-state index contributed by atoms with van der Waals surface area (Å²) in [5, 5.41) is 3.74. The molecule has 0 heterocycles. The fraction of sp³-hybridized carbons (Fsp3) is 0.111. The molecule has 0 saturated heterocycles. The van der Waals surface area contributed by atoms with Gasteiger partial charge in [-0.05, 0) is 18.3 Å². The number of hydrogen-bond acceptors (Lipinski definition) is 3. The monoisotopic (exact) mass is 295 g/mol. The number of methoxy groups -OCH3 is 1. The molecule has 0 unspecified atom stereocenters. The van der Waals surface area contributed by atoms with E-state index in [9.17, 15) is 4.39 Å². The van der Waals surface area contributed by atoms with E-state index >= 15 is 0 Å². The summed E-state index contributed by atoms with van der Waals surface area (Å²) in [6, 6.07) is 1.35. The molecule has 3 N–H and O–H groups in total. The van der Waals surface area contributed by atoms with Gasteiger partial charge in [0, 0.05) is 0 Å². The maximum absolute atomic E-state index is 13.8. The number of thiocarbonyl (C=S) groups is 1. The number of nitrogens with zero attached hydrogens (tertiary/aromatic N) is 1. The van der Waals surface area contributed by atoms with Gasteiger partial charge in [-0.3, -0.25) is 5.43 Å². The topological polar surface area (TPSA) is 59.6 Å². The summed E-state index contributed by atoms with van der Waals surface area (Å²) in [5.41, 5.74) is 7.45. The van der Waals surface area contributed by atoms with Gasteiger partial charge in [0.1, 0.15) is 0 Å². The van der Waals surface area contributed by atoms with Crippen molar-refractivity contribution in [1.29, 1.82) is 0 Å². The van der Waals surface area contributed by atoms with Gasteiger partial charge < -0.3 is 10.5 Å². The molecule has 0 aromatic heterocycles. The Kier molecular flexibility index (Phi) is 4.92. The summed E-state index contributed by atoms with van der Waals surface area (Å²) < 4.78 is 18.6. The van der Waals surface area contributed by atoms with E-state index in [-0.39, 0.29) is 26.5 Å². The number of nitrogens with one attached hydrogen (secondary N) is 1. The second-order valence-corrected chi connectivity index (χ2v) is 4.09. The Hall–Kier alpha value is -1.11. The van der Waals surface area contributed by atoms with Crippen LogP contribution in [0.3, 0.4) is 0 Å². The number of halogens is 3. The standard InChI is InChI=1S/C9H8Cl2FN3OS/c1-16-8-6(11)2-5(10)4(7(8)12)3-14-15-9(13)17/h2-3H,1H3,(H3,13,15,17). The van der Waals surface area contributed by atoms with Gasteiger partial charge >= 0.3 is 0 Å². The molecule has 0 aliphatic rings. The van der Waals surface area contributed by atoms with Crippen molar-refractivity contribution in [1.82, 2.24) is 5.43 Å². The number of benzene rings is 1. The van der Waals surface area contributed by atoms with Crippen LogP contribution in [0.15, 0.2) is 11.2 Å². The predicted molar refractivity (Wildman–Crippen MR) is 70.5 cm³/mol. The van der Waals surface area contributed by atoms with Crippen LogP contribution < -0.4 is 15.9 Å². The van der Waals surface area contributed by atoms with Crippen molar-refractivity contribution >= 4 is 46.7 Å². The van der Waals surface area contributed by atoms with E-state index in [1.165, 1.54) is 13.2 Å². The minimum absolute atomic E-state index is 0.0247. The van der Waals surface area contributed by atoms with Crippen molar-refractivity contribution in [3.63, 3.8) is 0 Å². The van der Waals surface area contributed by atoms with E-state index in [1.807, 2.05) is 0 Å². The highest BCUT2D eigenvalue weighted by Gasteiger charge is 2.15. The maximum Gasteiger partial charge on any atom is 0.184 e. The molecule has 92 valence electrons. The van der Waals surface area contributed by atoms with Crippen molar-refractivity contribution in [2.45, 2.75) is 0 Å². The zero-order valence-corrected chi connectivity index (χ0v) is 11.0. The van der Waals surface area contributed by atoms with Crippen LogP contribution in [0.2, 0.25) is 10.0 Å². The fourth-order valence-electron chi connectivity index (χ4n) is 1.05. The second kappa shape index (κ2) is 6.00. The Bertz CT molecular complexity index is 482.